The molecule has 3 nitrogen and oxygen atoms in total. The normalized spacial score (nSPS) is 28.9. The Morgan fingerprint density at radius 3 is 2.22 bits per heavy atom. The van der Waals surface area contributed by atoms with E-state index in [1.165, 1.54) is 0 Å². The van der Waals surface area contributed by atoms with E-state index in [1.807, 2.05) is 48.5 Å². The molecule has 0 N–H and O–H groups in total. The highest BCUT2D eigenvalue weighted by Crippen LogP contribution is 2.44. The molecule has 0 aromatic heterocycles. The summed E-state index contributed by atoms with van der Waals surface area (Å²) in [5.41, 5.74) is -1.32. The predicted molar refractivity (Wildman–Crippen MR) is 72.7 cm³/mol. The van der Waals surface area contributed by atoms with Crippen LogP contribution in [0.1, 0.15) is 61.3 Å². The van der Waals surface area contributed by atoms with Crippen LogP contribution in [0.3, 0.4) is 0 Å². The third-order valence-corrected chi connectivity index (χ3v) is 4.05. The first-order valence-corrected chi connectivity index (χ1v) is 6.96. The van der Waals surface area contributed by atoms with Gasteiger partial charge in [-0.2, -0.15) is 0 Å². The van der Waals surface area contributed by atoms with E-state index in [1.54, 1.807) is 0 Å². The van der Waals surface area contributed by atoms with Gasteiger partial charge in [0.05, 0.1) is 17.1 Å². The SMILES string of the molecule is CCOC(C)(CC)C(=O)C1CC(C)(C)OC1(C)C. The number of ether oxygens (including phenoxy) is 2. The van der Waals surface area contributed by atoms with Gasteiger partial charge in [-0.05, 0) is 54.4 Å². The standard InChI is InChI=1S/C15H28O3/c1-8-15(7,17-9-2)12(16)11-10-13(3,4)18-14(11,5)6/h11H,8-10H2,1-7H3. The van der Waals surface area contributed by atoms with E-state index in [0.29, 0.717) is 13.0 Å². The summed E-state index contributed by atoms with van der Waals surface area (Å²) >= 11 is 0. The Kier molecular flexibility index (Phi) is 4.29. The van der Waals surface area contributed by atoms with Gasteiger partial charge in [-0.25, -0.2) is 0 Å². The summed E-state index contributed by atoms with van der Waals surface area (Å²) in [6.45, 7) is 14.5. The summed E-state index contributed by atoms with van der Waals surface area (Å²) in [7, 11) is 0. The number of hydrogen-bond donors (Lipinski definition) is 0. The van der Waals surface area contributed by atoms with Crippen LogP contribution in [0, 0.1) is 5.92 Å². The van der Waals surface area contributed by atoms with Gasteiger partial charge in [0.25, 0.3) is 0 Å². The van der Waals surface area contributed by atoms with Gasteiger partial charge in [0.2, 0.25) is 0 Å². The van der Waals surface area contributed by atoms with Crippen LogP contribution in [-0.4, -0.2) is 29.2 Å². The molecule has 1 rings (SSSR count). The van der Waals surface area contributed by atoms with Gasteiger partial charge >= 0.3 is 0 Å². The van der Waals surface area contributed by atoms with E-state index >= 15 is 0 Å². The molecule has 0 aromatic carbocycles. The Balaban J connectivity index is 2.96. The summed E-state index contributed by atoms with van der Waals surface area (Å²) < 4.78 is 11.7. The summed E-state index contributed by atoms with van der Waals surface area (Å²) in [5.74, 6) is 0.0893. The molecule has 0 spiro atoms. The van der Waals surface area contributed by atoms with E-state index in [4.69, 9.17) is 9.47 Å². The van der Waals surface area contributed by atoms with Crippen molar-refractivity contribution in [3.8, 4) is 0 Å². The largest absolute Gasteiger partial charge is 0.369 e. The average molecular weight is 256 g/mol. The first-order valence-electron chi connectivity index (χ1n) is 6.96. The fourth-order valence-corrected chi connectivity index (χ4v) is 3.01. The highest BCUT2D eigenvalue weighted by atomic mass is 16.5. The fourth-order valence-electron chi connectivity index (χ4n) is 3.01. The van der Waals surface area contributed by atoms with Crippen LogP contribution in [-0.2, 0) is 14.3 Å². The number of rotatable bonds is 5. The molecule has 0 saturated carbocycles. The second-order valence-corrected chi connectivity index (χ2v) is 6.60. The quantitative estimate of drug-likeness (QED) is 0.756. The molecule has 1 aliphatic heterocycles. The lowest BCUT2D eigenvalue weighted by Crippen LogP contribution is -2.47. The maximum Gasteiger partial charge on any atom is 0.170 e. The van der Waals surface area contributed by atoms with Crippen LogP contribution in [0.4, 0.5) is 0 Å². The highest BCUT2D eigenvalue weighted by Gasteiger charge is 2.53. The van der Waals surface area contributed by atoms with Crippen molar-refractivity contribution in [3.63, 3.8) is 0 Å². The number of carbonyl (C=O) groups excluding carboxylic acids is 1. The Labute approximate surface area is 111 Å². The Bertz CT molecular complexity index is 320. The predicted octanol–water partition coefficient (Wildman–Crippen LogP) is 3.35. The van der Waals surface area contributed by atoms with Crippen LogP contribution in [0.15, 0.2) is 0 Å². The lowest BCUT2D eigenvalue weighted by atomic mass is 9.77. The lowest BCUT2D eigenvalue weighted by molar-refractivity contribution is -0.152. The molecule has 1 fully saturated rings. The third kappa shape index (κ3) is 2.94. The van der Waals surface area contributed by atoms with Gasteiger partial charge in [-0.1, -0.05) is 6.92 Å². The molecule has 1 saturated heterocycles. The molecule has 0 aliphatic carbocycles. The van der Waals surface area contributed by atoms with Crippen molar-refractivity contribution in [1.82, 2.24) is 0 Å². The average Bonchev–Trinajstić information content (AvgIpc) is 2.45. The van der Waals surface area contributed by atoms with E-state index in [9.17, 15) is 4.79 Å². The van der Waals surface area contributed by atoms with E-state index in [-0.39, 0.29) is 17.3 Å². The topological polar surface area (TPSA) is 35.5 Å². The van der Waals surface area contributed by atoms with Crippen LogP contribution < -0.4 is 0 Å². The Morgan fingerprint density at radius 2 is 1.89 bits per heavy atom. The Morgan fingerprint density at radius 1 is 1.33 bits per heavy atom. The molecule has 18 heavy (non-hydrogen) atoms. The molecule has 2 unspecified atom stereocenters. The number of carbonyl (C=O) groups is 1. The molecule has 0 radical (unpaired) electrons. The van der Waals surface area contributed by atoms with Gasteiger partial charge in [0.15, 0.2) is 5.78 Å². The maximum absolute atomic E-state index is 12.8. The van der Waals surface area contributed by atoms with Crippen molar-refractivity contribution in [2.75, 3.05) is 6.61 Å². The smallest absolute Gasteiger partial charge is 0.170 e. The van der Waals surface area contributed by atoms with Crippen molar-refractivity contribution >= 4 is 5.78 Å². The van der Waals surface area contributed by atoms with Crippen molar-refractivity contribution in [3.05, 3.63) is 0 Å². The molecule has 2 atom stereocenters. The van der Waals surface area contributed by atoms with Gasteiger partial charge in [0, 0.05) is 6.61 Å². The molecule has 3 heteroatoms. The first kappa shape index (κ1) is 15.6. The second-order valence-electron chi connectivity index (χ2n) is 6.60. The van der Waals surface area contributed by atoms with Gasteiger partial charge < -0.3 is 9.47 Å². The summed E-state index contributed by atoms with van der Waals surface area (Å²) in [6.07, 6.45) is 1.47. The maximum atomic E-state index is 12.8. The Hall–Kier alpha value is -0.410. The minimum Gasteiger partial charge on any atom is -0.369 e. The first-order chi connectivity index (χ1) is 8.08. The molecule has 0 bridgehead atoms. The number of Topliss-reactive ketones (excluding diaryl/α,β-unsaturated/α-hetero) is 1. The lowest BCUT2D eigenvalue weighted by Gasteiger charge is -2.34. The van der Waals surface area contributed by atoms with Crippen molar-refractivity contribution in [1.29, 1.82) is 0 Å². The summed E-state index contributed by atoms with van der Waals surface area (Å²) in [5, 5.41) is 0. The van der Waals surface area contributed by atoms with E-state index in [2.05, 4.69) is 0 Å². The molecule has 1 heterocycles. The van der Waals surface area contributed by atoms with E-state index in [0.717, 1.165) is 6.42 Å². The molecular weight excluding hydrogens is 228 g/mol. The summed E-state index contributed by atoms with van der Waals surface area (Å²) in [4.78, 5) is 12.8. The molecule has 1 aliphatic rings. The zero-order valence-corrected chi connectivity index (χ0v) is 12.9. The van der Waals surface area contributed by atoms with Gasteiger partial charge in [-0.15, -0.1) is 0 Å². The van der Waals surface area contributed by atoms with Crippen LogP contribution in [0.25, 0.3) is 0 Å². The molecular formula is C15H28O3. The zero-order valence-electron chi connectivity index (χ0n) is 12.9. The second kappa shape index (κ2) is 4.93. The number of hydrogen-bond acceptors (Lipinski definition) is 3. The number of ketones is 1. The van der Waals surface area contributed by atoms with Gasteiger partial charge in [0.1, 0.15) is 5.60 Å². The molecule has 0 amide bonds. The molecule has 0 aromatic rings. The van der Waals surface area contributed by atoms with Crippen LogP contribution >= 0.6 is 0 Å². The van der Waals surface area contributed by atoms with Crippen LogP contribution in [0.5, 0.6) is 0 Å². The third-order valence-electron chi connectivity index (χ3n) is 4.05. The molecule has 106 valence electrons. The minimum absolute atomic E-state index is 0.0935. The highest BCUT2D eigenvalue weighted by molar-refractivity contribution is 5.90. The zero-order chi connectivity index (χ0) is 14.2. The monoisotopic (exact) mass is 256 g/mol. The summed E-state index contributed by atoms with van der Waals surface area (Å²) in [6, 6.07) is 0. The van der Waals surface area contributed by atoms with Crippen LogP contribution in [0.2, 0.25) is 0 Å². The van der Waals surface area contributed by atoms with Crippen molar-refractivity contribution in [2.24, 2.45) is 5.92 Å². The van der Waals surface area contributed by atoms with Crippen molar-refractivity contribution in [2.45, 2.75) is 78.1 Å². The minimum atomic E-state index is -0.680. The van der Waals surface area contributed by atoms with Crippen molar-refractivity contribution < 1.29 is 14.3 Å². The van der Waals surface area contributed by atoms with E-state index < -0.39 is 11.2 Å². The van der Waals surface area contributed by atoms with Gasteiger partial charge in [-0.3, -0.25) is 4.79 Å². The fraction of sp³-hybridized carbons (Fsp3) is 0.933.